The molecule has 0 amide bonds. The van der Waals surface area contributed by atoms with Gasteiger partial charge in [-0.25, -0.2) is 0 Å². The topological polar surface area (TPSA) is 54.4 Å². The molecule has 0 aromatic rings. The zero-order valence-corrected chi connectivity index (χ0v) is 20.9. The molecule has 0 saturated heterocycles. The molecule has 5 rings (SSSR count). The van der Waals surface area contributed by atoms with E-state index in [-0.39, 0.29) is 11.3 Å². The van der Waals surface area contributed by atoms with Gasteiger partial charge in [0.1, 0.15) is 5.78 Å². The lowest BCUT2D eigenvalue weighted by Crippen LogP contribution is -2.56. The molecule has 0 aliphatic heterocycles. The molecule has 0 heterocycles. The molecule has 1 N–H and O–H groups in total. The molecule has 32 heavy (non-hydrogen) atoms. The van der Waals surface area contributed by atoms with E-state index >= 15 is 0 Å². The van der Waals surface area contributed by atoms with Gasteiger partial charge in [0.05, 0.1) is 5.41 Å². The quantitative estimate of drug-likeness (QED) is 0.394. The molecule has 182 valence electrons. The van der Waals surface area contributed by atoms with Gasteiger partial charge in [0.2, 0.25) is 0 Å². The van der Waals surface area contributed by atoms with Crippen LogP contribution < -0.4 is 0 Å². The van der Waals surface area contributed by atoms with E-state index in [4.69, 9.17) is 0 Å². The number of ketones is 1. The number of aliphatic carboxylic acids is 1. The molecular formula is C29H48O3. The second-order valence-electron chi connectivity index (χ2n) is 12.3. The highest BCUT2D eigenvalue weighted by atomic mass is 16.4. The van der Waals surface area contributed by atoms with Gasteiger partial charge in [-0.15, -0.1) is 0 Å². The van der Waals surface area contributed by atoms with Crippen molar-refractivity contribution in [2.24, 2.45) is 40.4 Å². The van der Waals surface area contributed by atoms with Gasteiger partial charge in [-0.05, 0) is 107 Å². The number of carboxylic acids is 1. The highest BCUT2D eigenvalue weighted by Gasteiger charge is 2.61. The second-order valence-corrected chi connectivity index (χ2v) is 12.3. The molecule has 1 atom stereocenters. The van der Waals surface area contributed by atoms with Gasteiger partial charge in [0.25, 0.3) is 0 Å². The summed E-state index contributed by atoms with van der Waals surface area (Å²) >= 11 is 0. The lowest BCUT2D eigenvalue weighted by Gasteiger charge is -2.58. The molecule has 5 saturated carbocycles. The predicted molar refractivity (Wildman–Crippen MR) is 129 cm³/mol. The number of unbranched alkanes of at least 4 members (excludes halogenated alkanes) is 1. The van der Waals surface area contributed by atoms with Crippen LogP contribution in [0.5, 0.6) is 0 Å². The van der Waals surface area contributed by atoms with Crippen molar-refractivity contribution in [3.63, 3.8) is 0 Å². The second kappa shape index (κ2) is 10.2. The fourth-order valence-corrected chi connectivity index (χ4v) is 8.73. The highest BCUT2D eigenvalue weighted by molar-refractivity contribution is 5.86. The predicted octanol–water partition coefficient (Wildman–Crippen LogP) is 7.81. The minimum absolute atomic E-state index is 0.189. The highest BCUT2D eigenvalue weighted by Crippen LogP contribution is 2.64. The van der Waals surface area contributed by atoms with Crippen molar-refractivity contribution in [1.82, 2.24) is 0 Å². The smallest absolute Gasteiger partial charge is 0.309 e. The van der Waals surface area contributed by atoms with Crippen LogP contribution in [0.2, 0.25) is 0 Å². The Morgan fingerprint density at radius 1 is 0.781 bits per heavy atom. The summed E-state index contributed by atoms with van der Waals surface area (Å²) in [5, 5.41) is 10.3. The van der Waals surface area contributed by atoms with Crippen LogP contribution in [0.4, 0.5) is 0 Å². The fraction of sp³-hybridized carbons (Fsp3) is 0.931. The maximum absolute atomic E-state index is 13.2. The summed E-state index contributed by atoms with van der Waals surface area (Å²) in [5.74, 6) is 3.42. The number of Topliss-reactive ketones (excluding diaryl/α,β-unsaturated/α-hetero) is 1. The van der Waals surface area contributed by atoms with Gasteiger partial charge >= 0.3 is 5.97 Å². The number of fused-ring (bicyclic) bond motifs is 3. The Bertz CT molecular complexity index is 643. The molecule has 0 radical (unpaired) electrons. The van der Waals surface area contributed by atoms with Crippen LogP contribution in [0.15, 0.2) is 0 Å². The van der Waals surface area contributed by atoms with Crippen LogP contribution in [0.3, 0.4) is 0 Å². The molecule has 5 fully saturated rings. The maximum atomic E-state index is 13.2. The monoisotopic (exact) mass is 444 g/mol. The Labute approximate surface area is 196 Å². The number of carbonyl (C=O) groups is 2. The van der Waals surface area contributed by atoms with Crippen molar-refractivity contribution < 1.29 is 14.7 Å². The first-order valence-electron chi connectivity index (χ1n) is 14.2. The molecule has 0 aromatic carbocycles. The summed E-state index contributed by atoms with van der Waals surface area (Å²) < 4.78 is 0. The molecule has 0 spiro atoms. The third kappa shape index (κ3) is 4.56. The van der Waals surface area contributed by atoms with E-state index in [0.29, 0.717) is 18.1 Å². The van der Waals surface area contributed by atoms with Gasteiger partial charge < -0.3 is 5.11 Å². The SMILES string of the molecule is CCCCC(=O)C12CCC(C(=O)O)(CC1)C(C1CCC(C3CCC(CCC)CC3)CC1)C2. The summed E-state index contributed by atoms with van der Waals surface area (Å²) in [6.07, 6.45) is 20.3. The molecule has 0 aromatic heterocycles. The summed E-state index contributed by atoms with van der Waals surface area (Å²) in [5.41, 5.74) is -0.728. The van der Waals surface area contributed by atoms with Crippen molar-refractivity contribution in [3.05, 3.63) is 0 Å². The first-order valence-corrected chi connectivity index (χ1v) is 14.2. The molecule has 2 bridgehead atoms. The zero-order valence-electron chi connectivity index (χ0n) is 20.9. The van der Waals surface area contributed by atoms with Crippen molar-refractivity contribution in [3.8, 4) is 0 Å². The fourth-order valence-electron chi connectivity index (χ4n) is 8.73. The molecule has 5 aliphatic rings. The Morgan fingerprint density at radius 2 is 1.34 bits per heavy atom. The van der Waals surface area contributed by atoms with Gasteiger partial charge in [-0.3, -0.25) is 9.59 Å². The van der Waals surface area contributed by atoms with Crippen LogP contribution >= 0.6 is 0 Å². The van der Waals surface area contributed by atoms with Crippen LogP contribution in [0.25, 0.3) is 0 Å². The van der Waals surface area contributed by atoms with E-state index in [2.05, 4.69) is 13.8 Å². The van der Waals surface area contributed by atoms with Gasteiger partial charge in [-0.2, -0.15) is 0 Å². The molecule has 3 nitrogen and oxygen atoms in total. The number of rotatable bonds is 9. The number of hydrogen-bond acceptors (Lipinski definition) is 2. The summed E-state index contributed by atoms with van der Waals surface area (Å²) in [7, 11) is 0. The third-order valence-corrected chi connectivity index (χ3v) is 10.8. The van der Waals surface area contributed by atoms with Gasteiger partial charge in [0, 0.05) is 11.8 Å². The van der Waals surface area contributed by atoms with Crippen LogP contribution in [0.1, 0.15) is 129 Å². The van der Waals surface area contributed by atoms with Gasteiger partial charge in [0.15, 0.2) is 0 Å². The lowest BCUT2D eigenvalue weighted by atomic mass is 9.44. The standard InChI is InChI=1S/C29H48O3/c1-3-5-7-26(30)28-16-18-29(19-17-28,27(31)32)25(20-28)24-14-12-23(13-15-24)22-10-8-21(6-4-2)9-11-22/h21-25H,3-20H2,1-2H3,(H,31,32). The van der Waals surface area contributed by atoms with Crippen LogP contribution in [-0.2, 0) is 9.59 Å². The average molecular weight is 445 g/mol. The lowest BCUT2D eigenvalue weighted by molar-refractivity contribution is -0.177. The molecule has 1 unspecified atom stereocenters. The van der Waals surface area contributed by atoms with Crippen molar-refractivity contribution in [2.75, 3.05) is 0 Å². The van der Waals surface area contributed by atoms with E-state index in [1.165, 1.54) is 64.2 Å². The number of carboxylic acid groups (broad SMARTS) is 1. The Balaban J connectivity index is 1.39. The minimum Gasteiger partial charge on any atom is -0.481 e. The number of carbonyl (C=O) groups excluding carboxylic acids is 1. The Morgan fingerprint density at radius 3 is 1.88 bits per heavy atom. The van der Waals surface area contributed by atoms with Crippen LogP contribution in [-0.4, -0.2) is 16.9 Å². The maximum Gasteiger partial charge on any atom is 0.309 e. The molecule has 3 heteroatoms. The van der Waals surface area contributed by atoms with Crippen LogP contribution in [0, 0.1) is 40.4 Å². The summed E-state index contributed by atoms with van der Waals surface area (Å²) in [6.45, 7) is 4.47. The van der Waals surface area contributed by atoms with E-state index in [0.717, 1.165) is 62.7 Å². The first kappa shape index (κ1) is 24.3. The Kier molecular flexibility index (Phi) is 7.72. The molecule has 5 aliphatic carbocycles. The normalized spacial score (nSPS) is 42.0. The van der Waals surface area contributed by atoms with Crippen molar-refractivity contribution in [1.29, 1.82) is 0 Å². The number of hydrogen-bond donors (Lipinski definition) is 1. The van der Waals surface area contributed by atoms with Gasteiger partial charge in [-0.1, -0.05) is 46.0 Å². The van der Waals surface area contributed by atoms with Crippen molar-refractivity contribution in [2.45, 2.75) is 129 Å². The first-order chi connectivity index (χ1) is 15.4. The van der Waals surface area contributed by atoms with E-state index in [9.17, 15) is 14.7 Å². The van der Waals surface area contributed by atoms with E-state index < -0.39 is 11.4 Å². The summed E-state index contributed by atoms with van der Waals surface area (Å²) in [4.78, 5) is 25.8. The molecular weight excluding hydrogens is 396 g/mol. The van der Waals surface area contributed by atoms with E-state index in [1.54, 1.807) is 0 Å². The third-order valence-electron chi connectivity index (χ3n) is 10.8. The Hall–Kier alpha value is -0.860. The summed E-state index contributed by atoms with van der Waals surface area (Å²) in [6, 6.07) is 0. The minimum atomic E-state index is -0.562. The zero-order chi connectivity index (χ0) is 22.8. The van der Waals surface area contributed by atoms with Crippen molar-refractivity contribution >= 4 is 11.8 Å². The van der Waals surface area contributed by atoms with E-state index in [1.807, 2.05) is 0 Å². The largest absolute Gasteiger partial charge is 0.481 e. The average Bonchev–Trinajstić information content (AvgIpc) is 2.84.